The Morgan fingerprint density at radius 3 is 2.35 bits per heavy atom. The number of carboxylic acids is 1. The van der Waals surface area contributed by atoms with Crippen LogP contribution >= 0.6 is 0 Å². The minimum atomic E-state index is -3.62. The van der Waals surface area contributed by atoms with E-state index in [0.717, 1.165) is 5.39 Å². The number of sulfonamides is 1. The molecule has 0 amide bonds. The smallest absolute Gasteiger partial charge is 0.306 e. The molecule has 23 heavy (non-hydrogen) atoms. The molecule has 2 aromatic rings. The molecule has 0 heterocycles. The predicted octanol–water partition coefficient (Wildman–Crippen LogP) is 2.76. The van der Waals surface area contributed by atoms with E-state index in [1.807, 2.05) is 24.3 Å². The van der Waals surface area contributed by atoms with E-state index in [4.69, 9.17) is 5.11 Å². The second-order valence-corrected chi connectivity index (χ2v) is 7.67. The molecule has 0 bridgehead atoms. The minimum absolute atomic E-state index is 0.199. The third kappa shape index (κ3) is 3.38. The van der Waals surface area contributed by atoms with Crippen LogP contribution in [0.25, 0.3) is 10.8 Å². The normalized spacial score (nSPS) is 22.1. The van der Waals surface area contributed by atoms with Gasteiger partial charge in [0, 0.05) is 11.4 Å². The topological polar surface area (TPSA) is 83.5 Å². The number of hydrogen-bond acceptors (Lipinski definition) is 3. The Bertz CT molecular complexity index is 818. The second kappa shape index (κ2) is 6.29. The molecule has 0 radical (unpaired) electrons. The van der Waals surface area contributed by atoms with E-state index < -0.39 is 16.0 Å². The maximum atomic E-state index is 12.7. The van der Waals surface area contributed by atoms with Gasteiger partial charge in [0.15, 0.2) is 0 Å². The van der Waals surface area contributed by atoms with Crippen molar-refractivity contribution in [3.8, 4) is 0 Å². The average Bonchev–Trinajstić information content (AvgIpc) is 2.54. The summed E-state index contributed by atoms with van der Waals surface area (Å²) < 4.78 is 28.1. The van der Waals surface area contributed by atoms with Crippen LogP contribution in [0.3, 0.4) is 0 Å². The van der Waals surface area contributed by atoms with Crippen molar-refractivity contribution in [2.24, 2.45) is 5.92 Å². The molecule has 0 spiro atoms. The fraction of sp³-hybridized carbons (Fsp3) is 0.353. The van der Waals surface area contributed by atoms with Crippen molar-refractivity contribution in [1.82, 2.24) is 4.72 Å². The highest BCUT2D eigenvalue weighted by Gasteiger charge is 2.29. The van der Waals surface area contributed by atoms with E-state index in [-0.39, 0.29) is 16.9 Å². The van der Waals surface area contributed by atoms with Crippen LogP contribution in [0.15, 0.2) is 47.4 Å². The van der Waals surface area contributed by atoms with Crippen molar-refractivity contribution in [2.45, 2.75) is 36.6 Å². The number of carboxylic acid groups (broad SMARTS) is 1. The lowest BCUT2D eigenvalue weighted by Crippen LogP contribution is -2.38. The number of rotatable bonds is 4. The number of fused-ring (bicyclic) bond motifs is 1. The van der Waals surface area contributed by atoms with Gasteiger partial charge in [0.25, 0.3) is 0 Å². The lowest BCUT2D eigenvalue weighted by atomic mass is 9.87. The van der Waals surface area contributed by atoms with Crippen LogP contribution in [0.4, 0.5) is 0 Å². The van der Waals surface area contributed by atoms with E-state index in [2.05, 4.69) is 4.72 Å². The number of benzene rings is 2. The summed E-state index contributed by atoms with van der Waals surface area (Å²) in [5.41, 5.74) is 0. The van der Waals surface area contributed by atoms with Gasteiger partial charge in [-0.25, -0.2) is 13.1 Å². The maximum Gasteiger partial charge on any atom is 0.306 e. The molecule has 0 atom stereocenters. The van der Waals surface area contributed by atoms with E-state index in [0.29, 0.717) is 31.1 Å². The zero-order chi connectivity index (χ0) is 16.4. The molecule has 0 saturated heterocycles. The average molecular weight is 333 g/mol. The lowest BCUT2D eigenvalue weighted by molar-refractivity contribution is -0.142. The Morgan fingerprint density at radius 1 is 1.00 bits per heavy atom. The van der Waals surface area contributed by atoms with E-state index >= 15 is 0 Å². The van der Waals surface area contributed by atoms with Crippen LogP contribution < -0.4 is 4.72 Å². The van der Waals surface area contributed by atoms with Crippen LogP contribution in [0, 0.1) is 5.92 Å². The quantitative estimate of drug-likeness (QED) is 0.901. The SMILES string of the molecule is O=C(O)C1CCC(NS(=O)(=O)c2cccc3ccccc23)CC1. The number of hydrogen-bond donors (Lipinski definition) is 2. The zero-order valence-corrected chi connectivity index (χ0v) is 13.4. The highest BCUT2D eigenvalue weighted by Crippen LogP contribution is 2.27. The molecule has 6 heteroatoms. The Kier molecular flexibility index (Phi) is 4.37. The molecule has 0 aromatic heterocycles. The number of carbonyl (C=O) groups is 1. The van der Waals surface area contributed by atoms with Crippen LogP contribution in [0.2, 0.25) is 0 Å². The minimum Gasteiger partial charge on any atom is -0.481 e. The lowest BCUT2D eigenvalue weighted by Gasteiger charge is -2.26. The molecule has 0 unspecified atom stereocenters. The summed E-state index contributed by atoms with van der Waals surface area (Å²) in [7, 11) is -3.62. The molecular weight excluding hydrogens is 314 g/mol. The third-order valence-corrected chi connectivity index (χ3v) is 6.02. The van der Waals surface area contributed by atoms with Gasteiger partial charge in [-0.2, -0.15) is 0 Å². The Balaban J connectivity index is 1.81. The summed E-state index contributed by atoms with van der Waals surface area (Å²) in [5, 5.41) is 10.6. The molecule has 1 fully saturated rings. The third-order valence-electron chi connectivity index (χ3n) is 4.44. The molecule has 0 aliphatic heterocycles. The first kappa shape index (κ1) is 16.0. The van der Waals surface area contributed by atoms with E-state index in [9.17, 15) is 13.2 Å². The standard InChI is InChI=1S/C17H19NO4S/c19-17(20)13-8-10-14(11-9-13)18-23(21,22)16-7-3-5-12-4-1-2-6-15(12)16/h1-7,13-14,18H,8-11H2,(H,19,20). The highest BCUT2D eigenvalue weighted by molar-refractivity contribution is 7.89. The van der Waals surface area contributed by atoms with Crippen molar-refractivity contribution >= 4 is 26.8 Å². The van der Waals surface area contributed by atoms with Crippen LogP contribution in [0.1, 0.15) is 25.7 Å². The van der Waals surface area contributed by atoms with Crippen LogP contribution in [-0.2, 0) is 14.8 Å². The number of nitrogens with one attached hydrogen (secondary N) is 1. The molecule has 5 nitrogen and oxygen atoms in total. The van der Waals surface area contributed by atoms with Crippen molar-refractivity contribution in [3.05, 3.63) is 42.5 Å². The van der Waals surface area contributed by atoms with E-state index in [1.165, 1.54) is 0 Å². The van der Waals surface area contributed by atoms with Gasteiger partial charge >= 0.3 is 5.97 Å². The summed E-state index contributed by atoms with van der Waals surface area (Å²) in [5.74, 6) is -1.14. The van der Waals surface area contributed by atoms with Crippen molar-refractivity contribution in [3.63, 3.8) is 0 Å². The Labute approximate surface area is 135 Å². The summed E-state index contributed by atoms with van der Waals surface area (Å²) in [6, 6.07) is 12.4. The van der Waals surface area contributed by atoms with Crippen molar-refractivity contribution in [1.29, 1.82) is 0 Å². The Hall–Kier alpha value is -1.92. The van der Waals surface area contributed by atoms with Gasteiger partial charge in [0.1, 0.15) is 0 Å². The molecule has 2 aromatic carbocycles. The van der Waals surface area contributed by atoms with E-state index in [1.54, 1.807) is 18.2 Å². The predicted molar refractivity (Wildman–Crippen MR) is 87.7 cm³/mol. The van der Waals surface area contributed by atoms with Crippen LogP contribution in [0.5, 0.6) is 0 Å². The Morgan fingerprint density at radius 2 is 1.65 bits per heavy atom. The summed E-state index contributed by atoms with van der Waals surface area (Å²) in [6.45, 7) is 0. The van der Waals surface area contributed by atoms with Gasteiger partial charge < -0.3 is 5.11 Å². The molecule has 1 aliphatic rings. The summed E-state index contributed by atoms with van der Waals surface area (Å²) in [6.07, 6.45) is 2.14. The second-order valence-electron chi connectivity index (χ2n) is 5.99. The fourth-order valence-corrected chi connectivity index (χ4v) is 4.71. The molecular formula is C17H19NO4S. The van der Waals surface area contributed by atoms with Gasteiger partial charge in [-0.05, 0) is 37.1 Å². The summed E-state index contributed by atoms with van der Waals surface area (Å²) >= 11 is 0. The first-order valence-corrected chi connectivity index (χ1v) is 9.18. The van der Waals surface area contributed by atoms with Gasteiger partial charge in [-0.15, -0.1) is 0 Å². The maximum absolute atomic E-state index is 12.7. The van der Waals surface area contributed by atoms with Crippen molar-refractivity contribution in [2.75, 3.05) is 0 Å². The number of aliphatic carboxylic acids is 1. The van der Waals surface area contributed by atoms with Crippen LogP contribution in [-0.4, -0.2) is 25.5 Å². The molecule has 3 rings (SSSR count). The van der Waals surface area contributed by atoms with Gasteiger partial charge in [-0.1, -0.05) is 36.4 Å². The monoisotopic (exact) mass is 333 g/mol. The zero-order valence-electron chi connectivity index (χ0n) is 12.6. The first-order valence-electron chi connectivity index (χ1n) is 7.70. The molecule has 1 aliphatic carbocycles. The van der Waals surface area contributed by atoms with Crippen molar-refractivity contribution < 1.29 is 18.3 Å². The van der Waals surface area contributed by atoms with Gasteiger partial charge in [0.2, 0.25) is 10.0 Å². The fourth-order valence-electron chi connectivity index (χ4n) is 3.17. The molecule has 1 saturated carbocycles. The first-order chi connectivity index (χ1) is 11.0. The largest absolute Gasteiger partial charge is 0.481 e. The summed E-state index contributed by atoms with van der Waals surface area (Å²) in [4.78, 5) is 11.2. The highest BCUT2D eigenvalue weighted by atomic mass is 32.2. The molecule has 122 valence electrons. The van der Waals surface area contributed by atoms with Gasteiger partial charge in [0.05, 0.1) is 10.8 Å². The van der Waals surface area contributed by atoms with Gasteiger partial charge in [-0.3, -0.25) is 4.79 Å². The molecule has 2 N–H and O–H groups in total.